The number of hydrogen-bond donors (Lipinski definition) is 1. The largest absolute Gasteiger partial charge is 0.314 e. The van der Waals surface area contributed by atoms with Gasteiger partial charge in [0.05, 0.1) is 5.69 Å². The summed E-state index contributed by atoms with van der Waals surface area (Å²) in [5.74, 6) is 0. The number of hydrogen-bond acceptors (Lipinski definition) is 2. The summed E-state index contributed by atoms with van der Waals surface area (Å²) in [6.45, 7) is 0.797. The SMILES string of the molecule is CNCc1nn(C)cc1-c1ccccc1. The van der Waals surface area contributed by atoms with Gasteiger partial charge in [-0.05, 0) is 12.6 Å². The molecule has 0 saturated heterocycles. The van der Waals surface area contributed by atoms with Crippen LogP contribution in [0.2, 0.25) is 0 Å². The van der Waals surface area contributed by atoms with Gasteiger partial charge in [0.2, 0.25) is 0 Å². The summed E-state index contributed by atoms with van der Waals surface area (Å²) in [5, 5.41) is 7.56. The van der Waals surface area contributed by atoms with E-state index in [4.69, 9.17) is 0 Å². The van der Waals surface area contributed by atoms with Crippen LogP contribution < -0.4 is 5.32 Å². The molecule has 1 aromatic heterocycles. The van der Waals surface area contributed by atoms with Crippen molar-refractivity contribution < 1.29 is 0 Å². The first-order valence-corrected chi connectivity index (χ1v) is 5.04. The minimum Gasteiger partial charge on any atom is -0.314 e. The lowest BCUT2D eigenvalue weighted by Gasteiger charge is -2.00. The summed E-state index contributed by atoms with van der Waals surface area (Å²) in [6, 6.07) is 10.3. The van der Waals surface area contributed by atoms with Crippen molar-refractivity contribution in [2.75, 3.05) is 7.05 Å². The number of aromatic nitrogens is 2. The van der Waals surface area contributed by atoms with E-state index in [1.807, 2.05) is 37.0 Å². The van der Waals surface area contributed by atoms with Gasteiger partial charge in [-0.25, -0.2) is 0 Å². The Morgan fingerprint density at radius 3 is 2.67 bits per heavy atom. The zero-order valence-corrected chi connectivity index (χ0v) is 9.07. The van der Waals surface area contributed by atoms with E-state index in [1.54, 1.807) is 0 Å². The Hall–Kier alpha value is -1.61. The van der Waals surface area contributed by atoms with E-state index in [1.165, 1.54) is 11.1 Å². The van der Waals surface area contributed by atoms with E-state index in [0.717, 1.165) is 12.2 Å². The predicted molar refractivity (Wildman–Crippen MR) is 61.4 cm³/mol. The van der Waals surface area contributed by atoms with E-state index < -0.39 is 0 Å². The van der Waals surface area contributed by atoms with Crippen LogP contribution in [-0.2, 0) is 13.6 Å². The summed E-state index contributed by atoms with van der Waals surface area (Å²) >= 11 is 0. The highest BCUT2D eigenvalue weighted by Crippen LogP contribution is 2.21. The average Bonchev–Trinajstić information content (AvgIpc) is 2.62. The predicted octanol–water partition coefficient (Wildman–Crippen LogP) is 1.81. The molecule has 0 fully saturated rings. The maximum absolute atomic E-state index is 4.43. The van der Waals surface area contributed by atoms with Gasteiger partial charge in [0.1, 0.15) is 0 Å². The van der Waals surface area contributed by atoms with Crippen molar-refractivity contribution in [3.63, 3.8) is 0 Å². The lowest BCUT2D eigenvalue weighted by molar-refractivity contribution is 0.712. The van der Waals surface area contributed by atoms with Gasteiger partial charge < -0.3 is 5.32 Å². The third-order valence-corrected chi connectivity index (χ3v) is 2.33. The molecule has 0 spiro atoms. The fourth-order valence-electron chi connectivity index (χ4n) is 1.69. The van der Waals surface area contributed by atoms with Crippen molar-refractivity contribution in [2.24, 2.45) is 7.05 Å². The minimum absolute atomic E-state index is 0.797. The Labute approximate surface area is 89.7 Å². The molecule has 0 aliphatic heterocycles. The van der Waals surface area contributed by atoms with Crippen LogP contribution in [0.4, 0.5) is 0 Å². The molecule has 0 amide bonds. The quantitative estimate of drug-likeness (QED) is 0.820. The molecule has 1 N–H and O–H groups in total. The standard InChI is InChI=1S/C12H15N3/c1-13-8-12-11(9-15(2)14-12)10-6-4-3-5-7-10/h3-7,9,13H,8H2,1-2H3. The summed E-state index contributed by atoms with van der Waals surface area (Å²) < 4.78 is 1.86. The number of aryl methyl sites for hydroxylation is 1. The van der Waals surface area contributed by atoms with E-state index in [-0.39, 0.29) is 0 Å². The topological polar surface area (TPSA) is 29.9 Å². The minimum atomic E-state index is 0.797. The molecule has 0 saturated carbocycles. The van der Waals surface area contributed by atoms with Crippen LogP contribution in [0.5, 0.6) is 0 Å². The molecule has 3 nitrogen and oxygen atoms in total. The Bertz CT molecular complexity index is 431. The fraction of sp³-hybridized carbons (Fsp3) is 0.250. The second-order valence-corrected chi connectivity index (χ2v) is 3.56. The lowest BCUT2D eigenvalue weighted by Crippen LogP contribution is -2.07. The van der Waals surface area contributed by atoms with Gasteiger partial charge in [0.15, 0.2) is 0 Å². The molecule has 15 heavy (non-hydrogen) atoms. The number of rotatable bonds is 3. The van der Waals surface area contributed by atoms with Gasteiger partial charge in [-0.3, -0.25) is 4.68 Å². The van der Waals surface area contributed by atoms with Crippen LogP contribution in [0.3, 0.4) is 0 Å². The molecule has 1 heterocycles. The molecule has 0 bridgehead atoms. The van der Waals surface area contributed by atoms with Gasteiger partial charge in [0.25, 0.3) is 0 Å². The first kappa shape index (κ1) is 9.93. The molecule has 0 unspecified atom stereocenters. The van der Waals surface area contributed by atoms with Crippen LogP contribution in [0.25, 0.3) is 11.1 Å². The van der Waals surface area contributed by atoms with E-state index in [0.29, 0.717) is 0 Å². The highest BCUT2D eigenvalue weighted by atomic mass is 15.3. The molecule has 2 rings (SSSR count). The van der Waals surface area contributed by atoms with Crippen LogP contribution in [-0.4, -0.2) is 16.8 Å². The summed E-state index contributed by atoms with van der Waals surface area (Å²) in [4.78, 5) is 0. The second-order valence-electron chi connectivity index (χ2n) is 3.56. The maximum atomic E-state index is 4.43. The number of nitrogens with zero attached hydrogens (tertiary/aromatic N) is 2. The third kappa shape index (κ3) is 2.07. The highest BCUT2D eigenvalue weighted by Gasteiger charge is 2.07. The zero-order chi connectivity index (χ0) is 10.7. The Morgan fingerprint density at radius 1 is 1.27 bits per heavy atom. The van der Waals surface area contributed by atoms with Gasteiger partial charge in [-0.2, -0.15) is 5.10 Å². The molecular weight excluding hydrogens is 186 g/mol. The molecule has 1 aromatic carbocycles. The van der Waals surface area contributed by atoms with E-state index in [2.05, 4.69) is 28.7 Å². The van der Waals surface area contributed by atoms with Crippen molar-refractivity contribution in [1.29, 1.82) is 0 Å². The normalized spacial score (nSPS) is 10.5. The highest BCUT2D eigenvalue weighted by molar-refractivity contribution is 5.65. The molecule has 0 aliphatic rings. The first-order valence-electron chi connectivity index (χ1n) is 5.04. The van der Waals surface area contributed by atoms with Crippen molar-refractivity contribution in [3.8, 4) is 11.1 Å². The Morgan fingerprint density at radius 2 is 2.00 bits per heavy atom. The van der Waals surface area contributed by atoms with Gasteiger partial charge in [0, 0.05) is 25.4 Å². The number of benzene rings is 1. The van der Waals surface area contributed by atoms with Gasteiger partial charge in [-0.1, -0.05) is 30.3 Å². The molecule has 0 aliphatic carbocycles. The molecule has 78 valence electrons. The monoisotopic (exact) mass is 201 g/mol. The molecule has 0 atom stereocenters. The van der Waals surface area contributed by atoms with Gasteiger partial charge >= 0.3 is 0 Å². The Kier molecular flexibility index (Phi) is 2.83. The third-order valence-electron chi connectivity index (χ3n) is 2.33. The van der Waals surface area contributed by atoms with Crippen molar-refractivity contribution in [2.45, 2.75) is 6.54 Å². The zero-order valence-electron chi connectivity index (χ0n) is 9.07. The van der Waals surface area contributed by atoms with E-state index in [9.17, 15) is 0 Å². The van der Waals surface area contributed by atoms with Crippen LogP contribution in [0.1, 0.15) is 5.69 Å². The van der Waals surface area contributed by atoms with Crippen LogP contribution in [0, 0.1) is 0 Å². The van der Waals surface area contributed by atoms with Crippen molar-refractivity contribution >= 4 is 0 Å². The van der Waals surface area contributed by atoms with Crippen LogP contribution >= 0.6 is 0 Å². The summed E-state index contributed by atoms with van der Waals surface area (Å²) in [6.07, 6.45) is 2.06. The maximum Gasteiger partial charge on any atom is 0.0840 e. The fourth-order valence-corrected chi connectivity index (χ4v) is 1.69. The average molecular weight is 201 g/mol. The first-order chi connectivity index (χ1) is 7.31. The van der Waals surface area contributed by atoms with Gasteiger partial charge in [-0.15, -0.1) is 0 Å². The van der Waals surface area contributed by atoms with Crippen molar-refractivity contribution in [1.82, 2.24) is 15.1 Å². The summed E-state index contributed by atoms with van der Waals surface area (Å²) in [5.41, 5.74) is 3.51. The molecule has 3 heteroatoms. The summed E-state index contributed by atoms with van der Waals surface area (Å²) in [7, 11) is 3.88. The number of nitrogens with one attached hydrogen (secondary N) is 1. The van der Waals surface area contributed by atoms with Crippen molar-refractivity contribution in [3.05, 3.63) is 42.2 Å². The smallest absolute Gasteiger partial charge is 0.0840 e. The van der Waals surface area contributed by atoms with E-state index >= 15 is 0 Å². The Balaban J connectivity index is 2.43. The molecule has 2 aromatic rings. The van der Waals surface area contributed by atoms with Crippen LogP contribution in [0.15, 0.2) is 36.5 Å². The molecule has 0 radical (unpaired) electrons. The molecular formula is C12H15N3. The second kappa shape index (κ2) is 4.28. The lowest BCUT2D eigenvalue weighted by atomic mass is 10.1.